The molecule has 3 nitrogen and oxygen atoms in total. The van der Waals surface area contributed by atoms with Gasteiger partial charge in [0.15, 0.2) is 11.5 Å². The molecule has 1 heterocycles. The Hall–Kier alpha value is -0.740. The predicted molar refractivity (Wildman–Crippen MR) is 60.4 cm³/mol. The maximum Gasteiger partial charge on any atom is 0.162 e. The number of aliphatic hydroxyl groups excluding tert-OH is 1. The maximum atomic E-state index is 9.79. The van der Waals surface area contributed by atoms with Gasteiger partial charge in [-0.25, -0.2) is 0 Å². The second kappa shape index (κ2) is 4.41. The summed E-state index contributed by atoms with van der Waals surface area (Å²) in [6.07, 6.45) is 0.216. The van der Waals surface area contributed by atoms with Crippen molar-refractivity contribution in [3.63, 3.8) is 0 Å². The van der Waals surface area contributed by atoms with Gasteiger partial charge < -0.3 is 14.6 Å². The molecule has 15 heavy (non-hydrogen) atoms. The van der Waals surface area contributed by atoms with E-state index in [-0.39, 0.29) is 0 Å². The smallest absolute Gasteiger partial charge is 0.162 e. The normalized spacial score (nSPS) is 16.2. The molecule has 1 N–H and O–H groups in total. The van der Waals surface area contributed by atoms with Crippen molar-refractivity contribution in [3.8, 4) is 11.5 Å². The van der Waals surface area contributed by atoms with E-state index in [1.54, 1.807) is 0 Å². The fraction of sp³-hybridized carbons (Fsp3) is 0.455. The van der Waals surface area contributed by atoms with Crippen molar-refractivity contribution in [3.05, 3.63) is 22.2 Å². The van der Waals surface area contributed by atoms with Crippen LogP contribution < -0.4 is 9.47 Å². The van der Waals surface area contributed by atoms with Crippen molar-refractivity contribution >= 4 is 15.9 Å². The Bertz CT molecular complexity index is 365. The number of benzene rings is 1. The molecule has 0 saturated heterocycles. The highest BCUT2D eigenvalue weighted by Gasteiger charge is 2.17. The molecule has 0 saturated carbocycles. The van der Waals surface area contributed by atoms with Crippen LogP contribution in [0.15, 0.2) is 16.6 Å². The van der Waals surface area contributed by atoms with Crippen molar-refractivity contribution in [2.75, 3.05) is 13.2 Å². The molecule has 0 radical (unpaired) electrons. The van der Waals surface area contributed by atoms with Gasteiger partial charge in [-0.05, 0) is 24.1 Å². The number of hydrogen-bond donors (Lipinski definition) is 1. The summed E-state index contributed by atoms with van der Waals surface area (Å²) in [6.45, 7) is 3.08. The first-order chi connectivity index (χ1) is 7.22. The molecular formula is C11H13BrO3. The zero-order valence-electron chi connectivity index (χ0n) is 8.50. The molecule has 0 aromatic heterocycles. The minimum Gasteiger partial charge on any atom is -0.486 e. The standard InChI is InChI=1S/C11H13BrO3/c1-2-9(13)7-5-10-11(6-8(7)12)15-4-3-14-10/h5-6,9,13H,2-4H2,1H3/t9-/m1/s1. The van der Waals surface area contributed by atoms with Crippen LogP contribution in [-0.4, -0.2) is 18.3 Å². The van der Waals surface area contributed by atoms with Crippen LogP contribution in [0, 0.1) is 0 Å². The van der Waals surface area contributed by atoms with Gasteiger partial charge in [0.25, 0.3) is 0 Å². The first-order valence-corrected chi connectivity index (χ1v) is 5.78. The van der Waals surface area contributed by atoms with E-state index >= 15 is 0 Å². The van der Waals surface area contributed by atoms with Gasteiger partial charge in [-0.15, -0.1) is 0 Å². The summed E-state index contributed by atoms with van der Waals surface area (Å²) in [4.78, 5) is 0. The number of hydrogen-bond acceptors (Lipinski definition) is 3. The van der Waals surface area contributed by atoms with Crippen LogP contribution in [0.2, 0.25) is 0 Å². The fourth-order valence-electron chi connectivity index (χ4n) is 1.55. The Kier molecular flexibility index (Phi) is 3.17. The lowest BCUT2D eigenvalue weighted by atomic mass is 10.1. The molecule has 1 aromatic carbocycles. The first kappa shape index (κ1) is 10.8. The lowest BCUT2D eigenvalue weighted by Gasteiger charge is -2.21. The lowest BCUT2D eigenvalue weighted by Crippen LogP contribution is -2.15. The second-order valence-corrected chi connectivity index (χ2v) is 4.30. The summed E-state index contributed by atoms with van der Waals surface area (Å²) < 4.78 is 11.8. The highest BCUT2D eigenvalue weighted by Crippen LogP contribution is 2.38. The van der Waals surface area contributed by atoms with Crippen molar-refractivity contribution in [1.29, 1.82) is 0 Å². The molecule has 0 spiro atoms. The maximum absolute atomic E-state index is 9.79. The van der Waals surface area contributed by atoms with Gasteiger partial charge in [-0.3, -0.25) is 0 Å². The van der Waals surface area contributed by atoms with Crippen LogP contribution >= 0.6 is 15.9 Å². The highest BCUT2D eigenvalue weighted by atomic mass is 79.9. The summed E-state index contributed by atoms with van der Waals surface area (Å²) in [6, 6.07) is 3.69. The topological polar surface area (TPSA) is 38.7 Å². The largest absolute Gasteiger partial charge is 0.486 e. The zero-order valence-corrected chi connectivity index (χ0v) is 10.1. The van der Waals surface area contributed by atoms with E-state index in [2.05, 4.69) is 15.9 Å². The molecular weight excluding hydrogens is 260 g/mol. The molecule has 0 unspecified atom stereocenters. The summed E-state index contributed by atoms with van der Waals surface area (Å²) in [5.74, 6) is 1.45. The molecule has 0 aliphatic carbocycles. The van der Waals surface area contributed by atoms with Crippen LogP contribution in [0.5, 0.6) is 11.5 Å². The Morgan fingerprint density at radius 2 is 1.93 bits per heavy atom. The average Bonchev–Trinajstić information content (AvgIpc) is 2.27. The molecule has 4 heteroatoms. The molecule has 1 aliphatic heterocycles. The molecule has 0 fully saturated rings. The number of rotatable bonds is 2. The number of halogens is 1. The van der Waals surface area contributed by atoms with Gasteiger partial charge in [-0.1, -0.05) is 22.9 Å². The predicted octanol–water partition coefficient (Wildman–Crippen LogP) is 2.66. The second-order valence-electron chi connectivity index (χ2n) is 3.44. The lowest BCUT2D eigenvalue weighted by molar-refractivity contribution is 0.162. The number of fused-ring (bicyclic) bond motifs is 1. The Labute approximate surface area is 97.1 Å². The van der Waals surface area contributed by atoms with Crippen LogP contribution in [-0.2, 0) is 0 Å². The van der Waals surface area contributed by atoms with E-state index in [0.717, 1.165) is 15.8 Å². The van der Waals surface area contributed by atoms with Gasteiger partial charge in [-0.2, -0.15) is 0 Å². The number of aliphatic hydroxyl groups is 1. The first-order valence-electron chi connectivity index (χ1n) is 4.99. The van der Waals surface area contributed by atoms with Crippen molar-refractivity contribution < 1.29 is 14.6 Å². The van der Waals surface area contributed by atoms with Gasteiger partial charge in [0.2, 0.25) is 0 Å². The minimum absolute atomic E-state index is 0.463. The Balaban J connectivity index is 2.40. The molecule has 1 atom stereocenters. The quantitative estimate of drug-likeness (QED) is 0.900. The Morgan fingerprint density at radius 1 is 1.33 bits per heavy atom. The molecule has 82 valence electrons. The van der Waals surface area contributed by atoms with Crippen molar-refractivity contribution in [1.82, 2.24) is 0 Å². The highest BCUT2D eigenvalue weighted by molar-refractivity contribution is 9.10. The molecule has 1 aromatic rings. The van der Waals surface area contributed by atoms with Gasteiger partial charge in [0.05, 0.1) is 6.10 Å². The van der Waals surface area contributed by atoms with Gasteiger partial charge in [0, 0.05) is 4.47 Å². The molecule has 1 aliphatic rings. The van der Waals surface area contributed by atoms with E-state index in [0.29, 0.717) is 25.4 Å². The molecule has 2 rings (SSSR count). The minimum atomic E-state index is -0.463. The van der Waals surface area contributed by atoms with Crippen LogP contribution in [0.1, 0.15) is 25.0 Å². The summed E-state index contributed by atoms with van der Waals surface area (Å²) in [7, 11) is 0. The van der Waals surface area contributed by atoms with Crippen LogP contribution in [0.25, 0.3) is 0 Å². The average molecular weight is 273 g/mol. The Morgan fingerprint density at radius 3 is 2.53 bits per heavy atom. The monoisotopic (exact) mass is 272 g/mol. The summed E-state index contributed by atoms with van der Waals surface area (Å²) in [5, 5.41) is 9.79. The van der Waals surface area contributed by atoms with E-state index in [9.17, 15) is 5.11 Å². The molecule has 0 bridgehead atoms. The van der Waals surface area contributed by atoms with E-state index in [1.165, 1.54) is 0 Å². The third kappa shape index (κ3) is 2.11. The van der Waals surface area contributed by atoms with Crippen molar-refractivity contribution in [2.45, 2.75) is 19.4 Å². The third-order valence-electron chi connectivity index (χ3n) is 2.41. The van der Waals surface area contributed by atoms with Crippen LogP contribution in [0.3, 0.4) is 0 Å². The van der Waals surface area contributed by atoms with Gasteiger partial charge >= 0.3 is 0 Å². The molecule has 0 amide bonds. The van der Waals surface area contributed by atoms with Crippen LogP contribution in [0.4, 0.5) is 0 Å². The third-order valence-corrected chi connectivity index (χ3v) is 3.09. The van der Waals surface area contributed by atoms with E-state index in [4.69, 9.17) is 9.47 Å². The van der Waals surface area contributed by atoms with E-state index in [1.807, 2.05) is 19.1 Å². The fourth-order valence-corrected chi connectivity index (χ4v) is 2.14. The van der Waals surface area contributed by atoms with Gasteiger partial charge in [0.1, 0.15) is 13.2 Å². The SMILES string of the molecule is CC[C@@H](O)c1cc2c(cc1Br)OCCO2. The van der Waals surface area contributed by atoms with E-state index < -0.39 is 6.10 Å². The summed E-state index contributed by atoms with van der Waals surface area (Å²) in [5.41, 5.74) is 0.849. The summed E-state index contributed by atoms with van der Waals surface area (Å²) >= 11 is 3.42. The zero-order chi connectivity index (χ0) is 10.8. The number of ether oxygens (including phenoxy) is 2. The van der Waals surface area contributed by atoms with Crippen molar-refractivity contribution in [2.24, 2.45) is 0 Å².